The Balaban J connectivity index is 1.83. The van der Waals surface area contributed by atoms with Gasteiger partial charge in [0.05, 0.1) is 5.69 Å². The van der Waals surface area contributed by atoms with Crippen molar-refractivity contribution in [2.75, 3.05) is 0 Å². The first kappa shape index (κ1) is 16.1. The molecule has 2 aromatic heterocycles. The van der Waals surface area contributed by atoms with E-state index in [1.807, 2.05) is 40.9 Å². The summed E-state index contributed by atoms with van der Waals surface area (Å²) in [5, 5.41) is 8.59. The summed E-state index contributed by atoms with van der Waals surface area (Å²) in [6, 6.07) is 20.1. The van der Waals surface area contributed by atoms with E-state index in [9.17, 15) is 4.39 Å². The van der Waals surface area contributed by atoms with Crippen molar-refractivity contribution in [3.8, 4) is 11.3 Å². The number of imidazole rings is 1. The SMILES string of the molecule is CCc1ccc(-c2nc3ccccn3c2N=Nc2cccc(F)c2)cc1. The summed E-state index contributed by atoms with van der Waals surface area (Å²) >= 11 is 0. The third kappa shape index (κ3) is 3.11. The molecular weight excluding hydrogens is 327 g/mol. The van der Waals surface area contributed by atoms with E-state index >= 15 is 0 Å². The number of benzene rings is 2. The third-order valence-electron chi connectivity index (χ3n) is 4.21. The molecule has 0 spiro atoms. The average Bonchev–Trinajstić information content (AvgIpc) is 3.05. The number of aryl methyl sites for hydroxylation is 1. The molecule has 4 rings (SSSR count). The number of azo groups is 1. The molecule has 0 aliphatic heterocycles. The minimum atomic E-state index is -0.338. The standard InChI is InChI=1S/C21H17FN4/c1-2-15-9-11-16(12-10-15)20-21(26-13-4-3-8-19(26)23-20)25-24-18-7-5-6-17(22)14-18/h3-14H,2H2,1H3. The topological polar surface area (TPSA) is 42.0 Å². The zero-order chi connectivity index (χ0) is 17.9. The summed E-state index contributed by atoms with van der Waals surface area (Å²) in [5.74, 6) is 0.282. The first-order valence-corrected chi connectivity index (χ1v) is 8.48. The molecule has 0 fully saturated rings. The van der Waals surface area contributed by atoms with Gasteiger partial charge in [0.15, 0.2) is 5.82 Å². The van der Waals surface area contributed by atoms with Crippen LogP contribution in [0.2, 0.25) is 0 Å². The fourth-order valence-corrected chi connectivity index (χ4v) is 2.81. The Labute approximate surface area is 150 Å². The van der Waals surface area contributed by atoms with E-state index in [2.05, 4.69) is 29.3 Å². The van der Waals surface area contributed by atoms with Crippen LogP contribution < -0.4 is 0 Å². The van der Waals surface area contributed by atoms with Crippen LogP contribution >= 0.6 is 0 Å². The number of hydrogen-bond donors (Lipinski definition) is 0. The van der Waals surface area contributed by atoms with Gasteiger partial charge >= 0.3 is 0 Å². The van der Waals surface area contributed by atoms with Gasteiger partial charge in [-0.25, -0.2) is 9.37 Å². The molecule has 0 radical (unpaired) electrons. The molecule has 0 atom stereocenters. The summed E-state index contributed by atoms with van der Waals surface area (Å²) in [4.78, 5) is 4.70. The van der Waals surface area contributed by atoms with Crippen LogP contribution in [0.3, 0.4) is 0 Å². The van der Waals surface area contributed by atoms with Gasteiger partial charge in [-0.1, -0.05) is 43.3 Å². The molecule has 0 saturated heterocycles. The molecular formula is C21H17FN4. The lowest BCUT2D eigenvalue weighted by atomic mass is 10.1. The minimum Gasteiger partial charge on any atom is -0.283 e. The van der Waals surface area contributed by atoms with E-state index in [-0.39, 0.29) is 5.82 Å². The highest BCUT2D eigenvalue weighted by atomic mass is 19.1. The molecule has 0 saturated carbocycles. The highest BCUT2D eigenvalue weighted by Gasteiger charge is 2.13. The van der Waals surface area contributed by atoms with Gasteiger partial charge < -0.3 is 0 Å². The van der Waals surface area contributed by atoms with Crippen LogP contribution in [0.25, 0.3) is 16.9 Å². The molecule has 2 heterocycles. The number of nitrogens with zero attached hydrogens (tertiary/aromatic N) is 4. The Morgan fingerprint density at radius 1 is 0.962 bits per heavy atom. The summed E-state index contributed by atoms with van der Waals surface area (Å²) in [5.41, 5.74) is 4.23. The Hall–Kier alpha value is -3.34. The van der Waals surface area contributed by atoms with Crippen molar-refractivity contribution in [3.63, 3.8) is 0 Å². The molecule has 26 heavy (non-hydrogen) atoms. The van der Waals surface area contributed by atoms with E-state index in [0.717, 1.165) is 23.3 Å². The zero-order valence-corrected chi connectivity index (χ0v) is 14.3. The fourth-order valence-electron chi connectivity index (χ4n) is 2.81. The van der Waals surface area contributed by atoms with Crippen molar-refractivity contribution in [2.45, 2.75) is 13.3 Å². The number of aromatic nitrogens is 2. The van der Waals surface area contributed by atoms with Crippen LogP contribution in [0, 0.1) is 5.82 Å². The molecule has 4 aromatic rings. The summed E-state index contributed by atoms with van der Waals surface area (Å²) < 4.78 is 15.3. The maximum absolute atomic E-state index is 13.4. The molecule has 0 unspecified atom stereocenters. The molecule has 128 valence electrons. The molecule has 0 aliphatic carbocycles. The van der Waals surface area contributed by atoms with Crippen LogP contribution in [-0.2, 0) is 6.42 Å². The maximum Gasteiger partial charge on any atom is 0.187 e. The summed E-state index contributed by atoms with van der Waals surface area (Å²) in [6.45, 7) is 2.12. The van der Waals surface area contributed by atoms with E-state index < -0.39 is 0 Å². The van der Waals surface area contributed by atoms with Crippen LogP contribution in [0.5, 0.6) is 0 Å². The number of fused-ring (bicyclic) bond motifs is 1. The lowest BCUT2D eigenvalue weighted by Crippen LogP contribution is -1.83. The Kier molecular flexibility index (Phi) is 4.27. The van der Waals surface area contributed by atoms with Crippen LogP contribution in [0.4, 0.5) is 15.9 Å². The van der Waals surface area contributed by atoms with Crippen molar-refractivity contribution in [1.29, 1.82) is 0 Å². The van der Waals surface area contributed by atoms with E-state index in [0.29, 0.717) is 11.5 Å². The predicted octanol–water partition coefficient (Wildman–Crippen LogP) is 6.12. The Morgan fingerprint density at radius 3 is 2.58 bits per heavy atom. The lowest BCUT2D eigenvalue weighted by Gasteiger charge is -2.01. The highest BCUT2D eigenvalue weighted by molar-refractivity contribution is 5.74. The van der Waals surface area contributed by atoms with Gasteiger partial charge in [0.25, 0.3) is 0 Å². The number of halogens is 1. The van der Waals surface area contributed by atoms with Gasteiger partial charge in [0, 0.05) is 17.8 Å². The Morgan fingerprint density at radius 2 is 1.81 bits per heavy atom. The molecule has 5 heteroatoms. The quantitative estimate of drug-likeness (QED) is 0.411. The maximum atomic E-state index is 13.4. The third-order valence-corrected chi connectivity index (χ3v) is 4.21. The second-order valence-electron chi connectivity index (χ2n) is 5.94. The average molecular weight is 344 g/mol. The first-order valence-electron chi connectivity index (χ1n) is 8.48. The van der Waals surface area contributed by atoms with E-state index in [1.165, 1.54) is 17.7 Å². The minimum absolute atomic E-state index is 0.338. The van der Waals surface area contributed by atoms with Gasteiger partial charge in [-0.05, 0) is 36.2 Å². The monoisotopic (exact) mass is 344 g/mol. The molecule has 2 aromatic carbocycles. The highest BCUT2D eigenvalue weighted by Crippen LogP contribution is 2.32. The van der Waals surface area contributed by atoms with Crippen LogP contribution in [-0.4, -0.2) is 9.38 Å². The van der Waals surface area contributed by atoms with Crippen molar-refractivity contribution in [1.82, 2.24) is 9.38 Å². The largest absolute Gasteiger partial charge is 0.283 e. The number of rotatable bonds is 4. The second kappa shape index (κ2) is 6.88. The number of hydrogen-bond acceptors (Lipinski definition) is 3. The smallest absolute Gasteiger partial charge is 0.187 e. The van der Waals surface area contributed by atoms with Gasteiger partial charge in [0.2, 0.25) is 0 Å². The van der Waals surface area contributed by atoms with Gasteiger partial charge in [0.1, 0.15) is 17.2 Å². The molecule has 4 nitrogen and oxygen atoms in total. The normalized spacial score (nSPS) is 11.5. The first-order chi connectivity index (χ1) is 12.7. The summed E-state index contributed by atoms with van der Waals surface area (Å²) in [7, 11) is 0. The summed E-state index contributed by atoms with van der Waals surface area (Å²) in [6.07, 6.45) is 2.88. The van der Waals surface area contributed by atoms with Crippen molar-refractivity contribution in [3.05, 3.63) is 84.3 Å². The van der Waals surface area contributed by atoms with Crippen LogP contribution in [0.15, 0.2) is 83.2 Å². The molecule has 0 aliphatic rings. The van der Waals surface area contributed by atoms with Crippen molar-refractivity contribution >= 4 is 17.2 Å². The fraction of sp³-hybridized carbons (Fsp3) is 0.0952. The molecule has 0 bridgehead atoms. The van der Waals surface area contributed by atoms with E-state index in [1.54, 1.807) is 12.1 Å². The zero-order valence-electron chi connectivity index (χ0n) is 14.3. The molecule has 0 N–H and O–H groups in total. The Bertz CT molecular complexity index is 1080. The van der Waals surface area contributed by atoms with Crippen molar-refractivity contribution in [2.24, 2.45) is 10.2 Å². The second-order valence-corrected chi connectivity index (χ2v) is 5.94. The van der Waals surface area contributed by atoms with Gasteiger partial charge in [-0.15, -0.1) is 10.2 Å². The predicted molar refractivity (Wildman–Crippen MR) is 101 cm³/mol. The lowest BCUT2D eigenvalue weighted by molar-refractivity contribution is 0.628. The van der Waals surface area contributed by atoms with Gasteiger partial charge in [-0.2, -0.15) is 0 Å². The van der Waals surface area contributed by atoms with Crippen LogP contribution in [0.1, 0.15) is 12.5 Å². The van der Waals surface area contributed by atoms with Crippen molar-refractivity contribution < 1.29 is 4.39 Å². The van der Waals surface area contributed by atoms with E-state index in [4.69, 9.17) is 4.98 Å². The number of pyridine rings is 1. The molecule has 0 amide bonds. The van der Waals surface area contributed by atoms with Gasteiger partial charge in [-0.3, -0.25) is 4.40 Å².